The molecule has 2 aromatic carbocycles. The molecule has 1 aliphatic rings. The van der Waals surface area contributed by atoms with Gasteiger partial charge in [0.15, 0.2) is 0 Å². The van der Waals surface area contributed by atoms with Crippen LogP contribution in [0.15, 0.2) is 42.5 Å². The van der Waals surface area contributed by atoms with E-state index < -0.39 is 5.60 Å². The van der Waals surface area contributed by atoms with Crippen LogP contribution < -0.4 is 0 Å². The molecule has 1 heterocycles. The second kappa shape index (κ2) is 6.87. The molecular formula is C19H21FINO. The number of ether oxygens (including phenoxy) is 1. The van der Waals surface area contributed by atoms with Crippen LogP contribution in [0.4, 0.5) is 4.39 Å². The van der Waals surface area contributed by atoms with Crippen molar-refractivity contribution in [2.24, 2.45) is 0 Å². The van der Waals surface area contributed by atoms with Crippen molar-refractivity contribution in [3.8, 4) is 0 Å². The fourth-order valence-electron chi connectivity index (χ4n) is 3.31. The molecule has 0 bridgehead atoms. The number of halogens is 2. The lowest BCUT2D eigenvalue weighted by Gasteiger charge is -2.31. The van der Waals surface area contributed by atoms with Gasteiger partial charge in [0.05, 0.1) is 6.61 Å². The third-order valence-corrected chi connectivity index (χ3v) is 5.09. The Bertz CT molecular complexity index is 686. The molecule has 0 N–H and O–H groups in total. The normalized spacial score (nSPS) is 20.0. The summed E-state index contributed by atoms with van der Waals surface area (Å²) in [6, 6.07) is 13.2. The monoisotopic (exact) mass is 423 g/mol. The van der Waals surface area contributed by atoms with E-state index in [1.807, 2.05) is 12.1 Å². The van der Waals surface area contributed by atoms with Gasteiger partial charge in [-0.1, -0.05) is 18.2 Å². The molecule has 0 aliphatic carbocycles. The molecule has 0 radical (unpaired) electrons. The molecule has 0 amide bonds. The Morgan fingerprint density at radius 2 is 1.91 bits per heavy atom. The first kappa shape index (κ1) is 16.9. The zero-order valence-electron chi connectivity index (χ0n) is 13.5. The van der Waals surface area contributed by atoms with Crippen molar-refractivity contribution in [3.63, 3.8) is 0 Å². The first-order valence-electron chi connectivity index (χ1n) is 7.85. The third kappa shape index (κ3) is 3.44. The highest BCUT2D eigenvalue weighted by Crippen LogP contribution is 2.45. The molecule has 0 spiro atoms. The van der Waals surface area contributed by atoms with Gasteiger partial charge in [-0.25, -0.2) is 4.39 Å². The Labute approximate surface area is 150 Å². The van der Waals surface area contributed by atoms with Crippen LogP contribution in [-0.4, -0.2) is 25.5 Å². The van der Waals surface area contributed by atoms with Gasteiger partial charge in [-0.3, -0.25) is 0 Å². The highest BCUT2D eigenvalue weighted by Gasteiger charge is 2.41. The van der Waals surface area contributed by atoms with E-state index >= 15 is 0 Å². The SMILES string of the molecule is CN(C)CCC[C@@]1(c2ccc(F)cc2)OCc2cc([125I])ccc21. The van der Waals surface area contributed by atoms with Crippen molar-refractivity contribution < 1.29 is 9.13 Å². The summed E-state index contributed by atoms with van der Waals surface area (Å²) in [5, 5.41) is 0. The van der Waals surface area contributed by atoms with Gasteiger partial charge in [-0.15, -0.1) is 0 Å². The number of nitrogens with zero attached hydrogens (tertiary/aromatic N) is 1. The molecule has 1 atom stereocenters. The Morgan fingerprint density at radius 1 is 1.17 bits per heavy atom. The largest absolute Gasteiger partial charge is 0.361 e. The Kier molecular flexibility index (Phi) is 5.04. The van der Waals surface area contributed by atoms with Crippen LogP contribution in [0.2, 0.25) is 0 Å². The lowest BCUT2D eigenvalue weighted by atomic mass is 9.82. The van der Waals surface area contributed by atoms with Crippen LogP contribution in [0.3, 0.4) is 0 Å². The van der Waals surface area contributed by atoms with Gasteiger partial charge < -0.3 is 9.64 Å². The molecule has 3 rings (SSSR count). The van der Waals surface area contributed by atoms with Crippen LogP contribution in [0, 0.1) is 9.39 Å². The average Bonchev–Trinajstić information content (AvgIpc) is 2.87. The predicted octanol–water partition coefficient (Wildman–Crippen LogP) is 4.55. The van der Waals surface area contributed by atoms with Crippen molar-refractivity contribution in [3.05, 3.63) is 68.5 Å². The quantitative estimate of drug-likeness (QED) is 0.655. The van der Waals surface area contributed by atoms with E-state index in [-0.39, 0.29) is 5.82 Å². The van der Waals surface area contributed by atoms with Crippen molar-refractivity contribution in [1.29, 1.82) is 0 Å². The lowest BCUT2D eigenvalue weighted by Crippen LogP contribution is -2.28. The summed E-state index contributed by atoms with van der Waals surface area (Å²) in [5.74, 6) is -0.210. The summed E-state index contributed by atoms with van der Waals surface area (Å²) in [7, 11) is 4.16. The van der Waals surface area contributed by atoms with E-state index in [9.17, 15) is 4.39 Å². The number of hydrogen-bond donors (Lipinski definition) is 0. The second-order valence-electron chi connectivity index (χ2n) is 6.33. The molecule has 122 valence electrons. The number of fused-ring (bicyclic) bond motifs is 1. The zero-order chi connectivity index (χ0) is 16.4. The molecule has 0 saturated carbocycles. The lowest BCUT2D eigenvalue weighted by molar-refractivity contribution is -0.0140. The molecule has 2 nitrogen and oxygen atoms in total. The van der Waals surface area contributed by atoms with E-state index in [1.165, 1.54) is 26.8 Å². The smallest absolute Gasteiger partial charge is 0.123 e. The summed E-state index contributed by atoms with van der Waals surface area (Å²) in [6.45, 7) is 1.62. The maximum Gasteiger partial charge on any atom is 0.123 e. The predicted molar refractivity (Wildman–Crippen MR) is 98.9 cm³/mol. The maximum absolute atomic E-state index is 13.4. The van der Waals surface area contributed by atoms with Crippen LogP contribution in [-0.2, 0) is 16.9 Å². The van der Waals surface area contributed by atoms with Gasteiger partial charge in [-0.2, -0.15) is 0 Å². The highest BCUT2D eigenvalue weighted by atomic mass is 125. The topological polar surface area (TPSA) is 12.5 Å². The molecule has 0 fully saturated rings. The van der Waals surface area contributed by atoms with E-state index in [0.717, 1.165) is 24.9 Å². The molecule has 23 heavy (non-hydrogen) atoms. The third-order valence-electron chi connectivity index (χ3n) is 4.42. The maximum atomic E-state index is 13.4. The Hall–Kier alpha value is -0.980. The zero-order valence-corrected chi connectivity index (χ0v) is 15.6. The summed E-state index contributed by atoms with van der Waals surface area (Å²) < 4.78 is 20.9. The summed E-state index contributed by atoms with van der Waals surface area (Å²) in [6.07, 6.45) is 1.92. The van der Waals surface area contributed by atoms with E-state index in [2.05, 4.69) is 59.8 Å². The van der Waals surface area contributed by atoms with Gasteiger partial charge in [0, 0.05) is 3.57 Å². The molecule has 0 saturated heterocycles. The second-order valence-corrected chi connectivity index (χ2v) is 7.58. The van der Waals surface area contributed by atoms with Gasteiger partial charge in [0.2, 0.25) is 0 Å². The fourth-order valence-corrected chi connectivity index (χ4v) is 3.86. The van der Waals surface area contributed by atoms with Crippen molar-refractivity contribution in [2.45, 2.75) is 25.0 Å². The standard InChI is InChI=1S/C19H21FINO/c1-22(2)11-3-10-19(15-4-6-16(20)7-5-15)18-9-8-17(21)12-14(18)13-23-19/h4-9,12H,3,10-11,13H2,1-2H3/t19-/m0/s1/i21-2. The minimum Gasteiger partial charge on any atom is -0.361 e. The number of rotatable bonds is 5. The molecule has 0 unspecified atom stereocenters. The minimum absolute atomic E-state index is 0.210. The summed E-state index contributed by atoms with van der Waals surface area (Å²) in [5.41, 5.74) is 3.05. The van der Waals surface area contributed by atoms with Crippen LogP contribution in [0.5, 0.6) is 0 Å². The minimum atomic E-state index is -0.455. The summed E-state index contributed by atoms with van der Waals surface area (Å²) >= 11 is 2.33. The van der Waals surface area contributed by atoms with Crippen molar-refractivity contribution >= 4 is 22.6 Å². The number of benzene rings is 2. The molecule has 4 heteroatoms. The van der Waals surface area contributed by atoms with Crippen molar-refractivity contribution in [2.75, 3.05) is 20.6 Å². The van der Waals surface area contributed by atoms with E-state index in [4.69, 9.17) is 4.74 Å². The molecule has 2 aromatic rings. The van der Waals surface area contributed by atoms with Gasteiger partial charge in [0.1, 0.15) is 11.4 Å². The summed E-state index contributed by atoms with van der Waals surface area (Å²) in [4.78, 5) is 2.18. The Morgan fingerprint density at radius 3 is 2.61 bits per heavy atom. The van der Waals surface area contributed by atoms with Gasteiger partial charge >= 0.3 is 0 Å². The van der Waals surface area contributed by atoms with Crippen LogP contribution in [0.1, 0.15) is 29.5 Å². The molecule has 1 aliphatic heterocycles. The van der Waals surface area contributed by atoms with Crippen LogP contribution >= 0.6 is 22.6 Å². The highest BCUT2D eigenvalue weighted by molar-refractivity contribution is 14.1. The van der Waals surface area contributed by atoms with E-state index in [1.54, 1.807) is 0 Å². The fraction of sp³-hybridized carbons (Fsp3) is 0.368. The average molecular weight is 423 g/mol. The first-order chi connectivity index (χ1) is 11.0. The van der Waals surface area contributed by atoms with Crippen LogP contribution in [0.25, 0.3) is 0 Å². The van der Waals surface area contributed by atoms with Gasteiger partial charge in [-0.05, 0) is 97.0 Å². The number of hydrogen-bond acceptors (Lipinski definition) is 2. The molecule has 0 aromatic heterocycles. The molecular weight excluding hydrogens is 402 g/mol. The first-order valence-corrected chi connectivity index (χ1v) is 8.93. The Balaban J connectivity index is 2.00. The van der Waals surface area contributed by atoms with Crippen molar-refractivity contribution in [1.82, 2.24) is 4.90 Å². The van der Waals surface area contributed by atoms with Gasteiger partial charge in [0.25, 0.3) is 0 Å². The van der Waals surface area contributed by atoms with E-state index in [0.29, 0.717) is 6.61 Å².